The zero-order valence-electron chi connectivity index (χ0n) is 17.5. The molecule has 2 saturated heterocycles. The van der Waals surface area contributed by atoms with Crippen LogP contribution in [-0.4, -0.2) is 65.4 Å². The third-order valence-electron chi connectivity index (χ3n) is 6.57. The van der Waals surface area contributed by atoms with E-state index in [4.69, 9.17) is 4.74 Å². The summed E-state index contributed by atoms with van der Waals surface area (Å²) < 4.78 is 46.7. The number of likely N-dealkylation sites (tertiary alicyclic amines) is 1. The largest absolute Gasteiger partial charge is 0.465 e. The number of amides is 1. The van der Waals surface area contributed by atoms with Gasteiger partial charge in [0, 0.05) is 24.2 Å². The van der Waals surface area contributed by atoms with Crippen molar-refractivity contribution < 1.29 is 27.4 Å². The van der Waals surface area contributed by atoms with Crippen LogP contribution in [0, 0.1) is 17.1 Å². The number of nitrogens with zero attached hydrogens (tertiary/aromatic N) is 5. The lowest BCUT2D eigenvalue weighted by Gasteiger charge is -2.34. The molecule has 10 nitrogen and oxygen atoms in total. The number of benzene rings is 1. The van der Waals surface area contributed by atoms with Gasteiger partial charge in [-0.1, -0.05) is 6.92 Å². The summed E-state index contributed by atoms with van der Waals surface area (Å²) in [6, 6.07) is 1.56. The molecule has 3 aliphatic rings. The predicted molar refractivity (Wildman–Crippen MR) is 117 cm³/mol. The fourth-order valence-corrected chi connectivity index (χ4v) is 6.22. The molecule has 13 heteroatoms. The first-order valence-electron chi connectivity index (χ1n) is 10.4. The zero-order valence-corrected chi connectivity index (χ0v) is 19.9. The molecule has 2 bridgehead atoms. The van der Waals surface area contributed by atoms with E-state index in [-0.39, 0.29) is 53.2 Å². The second-order valence-corrected chi connectivity index (χ2v) is 11.2. The molecule has 2 fully saturated rings. The quantitative estimate of drug-likeness (QED) is 0.581. The first kappa shape index (κ1) is 22.2. The van der Waals surface area contributed by atoms with Crippen LogP contribution in [-0.2, 0) is 21.2 Å². The molecule has 174 valence electrons. The van der Waals surface area contributed by atoms with Crippen LogP contribution in [0.3, 0.4) is 0 Å². The maximum Gasteiger partial charge on any atom is 0.407 e. The van der Waals surface area contributed by atoms with E-state index in [1.807, 2.05) is 4.90 Å². The minimum Gasteiger partial charge on any atom is -0.465 e. The van der Waals surface area contributed by atoms with Crippen molar-refractivity contribution in [3.05, 3.63) is 21.4 Å². The number of hydrogen-bond donors (Lipinski definition) is 1. The molecule has 3 atom stereocenters. The average molecular weight is 540 g/mol. The number of nitriles is 1. The third kappa shape index (κ3) is 3.26. The van der Waals surface area contributed by atoms with Crippen molar-refractivity contribution in [2.24, 2.45) is 0 Å². The Bertz CT molecular complexity index is 1350. The van der Waals surface area contributed by atoms with Crippen molar-refractivity contribution in [2.75, 3.05) is 23.7 Å². The van der Waals surface area contributed by atoms with Crippen LogP contribution in [0.1, 0.15) is 37.0 Å². The van der Waals surface area contributed by atoms with E-state index in [1.54, 1.807) is 0 Å². The Hall–Kier alpha value is -2.56. The topological polar surface area (TPSA) is 137 Å². The van der Waals surface area contributed by atoms with Gasteiger partial charge in [-0.25, -0.2) is 27.6 Å². The van der Waals surface area contributed by atoms with E-state index in [9.17, 15) is 23.6 Å². The maximum atomic E-state index is 15.5. The lowest BCUT2D eigenvalue weighted by atomic mass is 9.97. The second kappa shape index (κ2) is 7.75. The smallest absolute Gasteiger partial charge is 0.407 e. The normalized spacial score (nSPS) is 23.9. The summed E-state index contributed by atoms with van der Waals surface area (Å²) in [5.41, 5.74) is 0.935. The number of piperazine rings is 1. The molecule has 5 rings (SSSR count). The van der Waals surface area contributed by atoms with E-state index in [1.165, 1.54) is 11.8 Å². The SMILES string of the molecule is CCS(=O)(=O)c1nc(N2C[C@H]3C[C@@H]2CN3C(=O)O)c2c3c(c(Br)c(F)c2n1)COC3CC#N. The molecule has 1 aromatic carbocycles. The number of hydrogen-bond acceptors (Lipinski definition) is 8. The summed E-state index contributed by atoms with van der Waals surface area (Å²) in [5.74, 6) is -0.747. The standard InChI is InChI=1S/C20H19BrFN5O5S/c1-2-33(30,31)19-24-17-14(13-11(15(21)16(17)22)8-32-12(13)3-4-23)18(25-19)26-6-10-5-9(26)7-27(10)20(28)29/h9-10,12H,2-3,5-8H2,1H3,(H,28,29)/t9-,10-,12?/m1/s1. The molecule has 0 saturated carbocycles. The summed E-state index contributed by atoms with van der Waals surface area (Å²) >= 11 is 3.25. The molecule has 1 amide bonds. The van der Waals surface area contributed by atoms with Crippen LogP contribution < -0.4 is 4.90 Å². The third-order valence-corrected chi connectivity index (χ3v) is 8.90. The van der Waals surface area contributed by atoms with Crippen LogP contribution in [0.15, 0.2) is 9.63 Å². The fourth-order valence-electron chi connectivity index (χ4n) is 4.99. The van der Waals surface area contributed by atoms with Gasteiger partial charge in [0.25, 0.3) is 0 Å². The van der Waals surface area contributed by atoms with Gasteiger partial charge in [0.2, 0.25) is 15.0 Å². The molecule has 4 heterocycles. The second-order valence-electron chi connectivity index (χ2n) is 8.27. The first-order chi connectivity index (χ1) is 15.7. The van der Waals surface area contributed by atoms with Gasteiger partial charge in [0.15, 0.2) is 5.82 Å². The minimum absolute atomic E-state index is 0.0213. The molecule has 1 aromatic heterocycles. The van der Waals surface area contributed by atoms with E-state index >= 15 is 4.39 Å². The molecule has 3 aliphatic heterocycles. The van der Waals surface area contributed by atoms with Gasteiger partial charge in [0.1, 0.15) is 11.3 Å². The van der Waals surface area contributed by atoms with Crippen LogP contribution in [0.2, 0.25) is 0 Å². The van der Waals surface area contributed by atoms with Crippen LogP contribution >= 0.6 is 15.9 Å². The molecular formula is C20H19BrFN5O5S. The number of carbonyl (C=O) groups is 1. The molecule has 33 heavy (non-hydrogen) atoms. The highest BCUT2D eigenvalue weighted by atomic mass is 79.9. The van der Waals surface area contributed by atoms with E-state index in [0.717, 1.165) is 0 Å². The van der Waals surface area contributed by atoms with Gasteiger partial charge in [0.05, 0.1) is 52.9 Å². The number of anilines is 1. The molecule has 1 unspecified atom stereocenters. The van der Waals surface area contributed by atoms with Crippen molar-refractivity contribution in [1.29, 1.82) is 5.26 Å². The number of fused-ring (bicyclic) bond motifs is 5. The van der Waals surface area contributed by atoms with Gasteiger partial charge < -0.3 is 19.6 Å². The molecule has 1 N–H and O–H groups in total. The summed E-state index contributed by atoms with van der Waals surface area (Å²) in [6.07, 6.45) is -1.07. The molecule has 0 radical (unpaired) electrons. The van der Waals surface area contributed by atoms with Crippen molar-refractivity contribution in [3.63, 3.8) is 0 Å². The van der Waals surface area contributed by atoms with Crippen molar-refractivity contribution >= 4 is 48.6 Å². The van der Waals surface area contributed by atoms with Crippen molar-refractivity contribution in [1.82, 2.24) is 14.9 Å². The number of rotatable bonds is 4. The van der Waals surface area contributed by atoms with Gasteiger partial charge in [-0.2, -0.15) is 5.26 Å². The molecule has 2 aromatic rings. The van der Waals surface area contributed by atoms with Crippen molar-refractivity contribution in [2.45, 2.75) is 49.7 Å². The number of halogens is 2. The predicted octanol–water partition coefficient (Wildman–Crippen LogP) is 2.75. The number of sulfone groups is 1. The van der Waals surface area contributed by atoms with E-state index in [0.29, 0.717) is 29.5 Å². The van der Waals surface area contributed by atoms with E-state index < -0.39 is 33.0 Å². The monoisotopic (exact) mass is 539 g/mol. The number of carboxylic acid groups (broad SMARTS) is 1. The number of aromatic nitrogens is 2. The van der Waals surface area contributed by atoms with Gasteiger partial charge in [-0.3, -0.25) is 0 Å². The number of ether oxygens (including phenoxy) is 1. The van der Waals surface area contributed by atoms with Crippen LogP contribution in [0.4, 0.5) is 15.0 Å². The summed E-state index contributed by atoms with van der Waals surface area (Å²) in [4.78, 5) is 23.2. The van der Waals surface area contributed by atoms with Crippen LogP contribution in [0.5, 0.6) is 0 Å². The Morgan fingerprint density at radius 2 is 2.12 bits per heavy atom. The summed E-state index contributed by atoms with van der Waals surface area (Å²) in [5, 5.41) is 18.5. The summed E-state index contributed by atoms with van der Waals surface area (Å²) in [6.45, 7) is 2.07. The Labute approximate surface area is 197 Å². The van der Waals surface area contributed by atoms with Crippen molar-refractivity contribution in [3.8, 4) is 6.07 Å². The molecular weight excluding hydrogens is 521 g/mol. The highest BCUT2D eigenvalue weighted by Gasteiger charge is 2.47. The first-order valence-corrected chi connectivity index (χ1v) is 12.8. The highest BCUT2D eigenvalue weighted by Crippen LogP contribution is 2.47. The molecule has 0 spiro atoms. The Morgan fingerprint density at radius 1 is 1.36 bits per heavy atom. The fraction of sp³-hybridized carbons (Fsp3) is 0.500. The van der Waals surface area contributed by atoms with Crippen LogP contribution in [0.25, 0.3) is 10.9 Å². The lowest BCUT2D eigenvalue weighted by molar-refractivity contribution is 0.0700. The van der Waals surface area contributed by atoms with Gasteiger partial charge in [-0.05, 0) is 22.4 Å². The lowest BCUT2D eigenvalue weighted by Crippen LogP contribution is -2.48. The average Bonchev–Trinajstić information content (AvgIpc) is 3.51. The maximum absolute atomic E-state index is 15.5. The van der Waals surface area contributed by atoms with Gasteiger partial charge in [-0.15, -0.1) is 0 Å². The van der Waals surface area contributed by atoms with E-state index in [2.05, 4.69) is 32.0 Å². The minimum atomic E-state index is -3.87. The zero-order chi connectivity index (χ0) is 23.7. The molecule has 0 aliphatic carbocycles. The Balaban J connectivity index is 1.79. The highest BCUT2D eigenvalue weighted by molar-refractivity contribution is 9.10. The Kier molecular flexibility index (Phi) is 5.22. The van der Waals surface area contributed by atoms with Gasteiger partial charge >= 0.3 is 6.09 Å². The Morgan fingerprint density at radius 3 is 2.73 bits per heavy atom. The summed E-state index contributed by atoms with van der Waals surface area (Å²) in [7, 11) is -3.87.